The predicted octanol–water partition coefficient (Wildman–Crippen LogP) is 1.91. The molecule has 1 aliphatic carbocycles. The summed E-state index contributed by atoms with van der Waals surface area (Å²) in [7, 11) is 1.78. The largest absolute Gasteiger partial charge is 0.381 e. The highest BCUT2D eigenvalue weighted by Crippen LogP contribution is 2.25. The van der Waals surface area contributed by atoms with Crippen LogP contribution < -0.4 is 5.32 Å². The Bertz CT molecular complexity index is 296. The molecule has 1 saturated carbocycles. The van der Waals surface area contributed by atoms with Crippen molar-refractivity contribution >= 4 is 0 Å². The maximum atomic E-state index is 5.25. The number of rotatable bonds is 4. The molecule has 1 aliphatic rings. The van der Waals surface area contributed by atoms with Crippen molar-refractivity contribution in [1.29, 1.82) is 0 Å². The van der Waals surface area contributed by atoms with Gasteiger partial charge in [0.1, 0.15) is 0 Å². The molecule has 82 valence electrons. The fraction of sp³-hybridized carbons (Fsp3) is 0.583. The van der Waals surface area contributed by atoms with E-state index in [-0.39, 0.29) is 0 Å². The van der Waals surface area contributed by atoms with E-state index in [1.807, 2.05) is 18.3 Å². The number of pyridine rings is 1. The lowest BCUT2D eigenvalue weighted by molar-refractivity contribution is 0.0146. The summed E-state index contributed by atoms with van der Waals surface area (Å²) in [6, 6.07) is 6.95. The van der Waals surface area contributed by atoms with Gasteiger partial charge in [0.05, 0.1) is 11.8 Å². The number of nitrogens with zero attached hydrogens (tertiary/aromatic N) is 1. The van der Waals surface area contributed by atoms with Crippen LogP contribution in [0.25, 0.3) is 0 Å². The number of nitrogens with one attached hydrogen (secondary N) is 1. The van der Waals surface area contributed by atoms with E-state index in [2.05, 4.69) is 23.3 Å². The van der Waals surface area contributed by atoms with Crippen molar-refractivity contribution in [1.82, 2.24) is 10.3 Å². The molecule has 15 heavy (non-hydrogen) atoms. The Kier molecular flexibility index (Phi) is 3.34. The number of ether oxygens (including phenoxy) is 1. The van der Waals surface area contributed by atoms with E-state index >= 15 is 0 Å². The molecule has 1 aromatic heterocycles. The number of hydrogen-bond acceptors (Lipinski definition) is 3. The first-order chi connectivity index (χ1) is 7.29. The Hall–Kier alpha value is -0.930. The molecule has 1 N–H and O–H groups in total. The van der Waals surface area contributed by atoms with Gasteiger partial charge in [-0.3, -0.25) is 4.98 Å². The van der Waals surface area contributed by atoms with Gasteiger partial charge in [0.25, 0.3) is 0 Å². The van der Waals surface area contributed by atoms with E-state index in [1.165, 1.54) is 0 Å². The summed E-state index contributed by atoms with van der Waals surface area (Å²) in [4.78, 5) is 4.34. The SMILES string of the molecule is COC1CC(N[C@H](C)c2ccccn2)C1. The Morgan fingerprint density at radius 2 is 2.27 bits per heavy atom. The zero-order valence-electron chi connectivity index (χ0n) is 9.31. The van der Waals surface area contributed by atoms with Gasteiger partial charge in [-0.2, -0.15) is 0 Å². The van der Waals surface area contributed by atoms with Crippen molar-refractivity contribution in [3.8, 4) is 0 Å². The van der Waals surface area contributed by atoms with Crippen LogP contribution in [0.2, 0.25) is 0 Å². The van der Waals surface area contributed by atoms with E-state index < -0.39 is 0 Å². The quantitative estimate of drug-likeness (QED) is 0.817. The second-order valence-corrected chi connectivity index (χ2v) is 4.17. The molecular formula is C12H18N2O. The summed E-state index contributed by atoms with van der Waals surface area (Å²) in [5, 5.41) is 3.55. The summed E-state index contributed by atoms with van der Waals surface area (Å²) in [5.41, 5.74) is 1.11. The fourth-order valence-corrected chi connectivity index (χ4v) is 1.97. The van der Waals surface area contributed by atoms with Gasteiger partial charge >= 0.3 is 0 Å². The van der Waals surface area contributed by atoms with Gasteiger partial charge in [0.15, 0.2) is 0 Å². The summed E-state index contributed by atoms with van der Waals surface area (Å²) in [5.74, 6) is 0. The molecule has 3 heteroatoms. The van der Waals surface area contributed by atoms with Gasteiger partial charge in [0.2, 0.25) is 0 Å². The van der Waals surface area contributed by atoms with Crippen LogP contribution in [0.5, 0.6) is 0 Å². The van der Waals surface area contributed by atoms with Crippen LogP contribution in [0.1, 0.15) is 31.5 Å². The highest BCUT2D eigenvalue weighted by molar-refractivity contribution is 5.08. The molecule has 0 unspecified atom stereocenters. The predicted molar refractivity (Wildman–Crippen MR) is 59.6 cm³/mol. The van der Waals surface area contributed by atoms with Gasteiger partial charge in [-0.15, -0.1) is 0 Å². The number of hydrogen-bond donors (Lipinski definition) is 1. The molecule has 3 nitrogen and oxygen atoms in total. The van der Waals surface area contributed by atoms with Gasteiger partial charge in [-0.25, -0.2) is 0 Å². The lowest BCUT2D eigenvalue weighted by Crippen LogP contribution is -2.45. The fourth-order valence-electron chi connectivity index (χ4n) is 1.97. The van der Waals surface area contributed by atoms with Crippen LogP contribution in [0.4, 0.5) is 0 Å². The van der Waals surface area contributed by atoms with E-state index in [0.717, 1.165) is 18.5 Å². The van der Waals surface area contributed by atoms with E-state index in [0.29, 0.717) is 18.2 Å². The molecule has 0 radical (unpaired) electrons. The highest BCUT2D eigenvalue weighted by Gasteiger charge is 2.29. The summed E-state index contributed by atoms with van der Waals surface area (Å²) >= 11 is 0. The Labute approximate surface area is 90.9 Å². The maximum absolute atomic E-state index is 5.25. The van der Waals surface area contributed by atoms with Crippen molar-refractivity contribution in [2.75, 3.05) is 7.11 Å². The molecular weight excluding hydrogens is 188 g/mol. The Morgan fingerprint density at radius 1 is 1.47 bits per heavy atom. The zero-order chi connectivity index (χ0) is 10.7. The van der Waals surface area contributed by atoms with Crippen LogP contribution >= 0.6 is 0 Å². The van der Waals surface area contributed by atoms with Crippen molar-refractivity contribution in [3.05, 3.63) is 30.1 Å². The molecule has 0 amide bonds. The first kappa shape index (κ1) is 10.6. The normalized spacial score (nSPS) is 27.1. The van der Waals surface area contributed by atoms with Crippen molar-refractivity contribution in [2.24, 2.45) is 0 Å². The van der Waals surface area contributed by atoms with E-state index in [1.54, 1.807) is 7.11 Å². The lowest BCUT2D eigenvalue weighted by Gasteiger charge is -2.36. The summed E-state index contributed by atoms with van der Waals surface area (Å²) in [6.07, 6.45) is 4.53. The minimum absolute atomic E-state index is 0.328. The van der Waals surface area contributed by atoms with Crippen LogP contribution in [0.15, 0.2) is 24.4 Å². The van der Waals surface area contributed by atoms with E-state index in [4.69, 9.17) is 4.74 Å². The molecule has 0 aliphatic heterocycles. The van der Waals surface area contributed by atoms with E-state index in [9.17, 15) is 0 Å². The van der Waals surface area contributed by atoms with Crippen molar-refractivity contribution in [3.63, 3.8) is 0 Å². The Balaban J connectivity index is 1.81. The average Bonchev–Trinajstić information content (AvgIpc) is 2.23. The second kappa shape index (κ2) is 4.73. The molecule has 0 aromatic carbocycles. The highest BCUT2D eigenvalue weighted by atomic mass is 16.5. The first-order valence-electron chi connectivity index (χ1n) is 5.49. The lowest BCUT2D eigenvalue weighted by atomic mass is 9.88. The second-order valence-electron chi connectivity index (χ2n) is 4.17. The monoisotopic (exact) mass is 206 g/mol. The smallest absolute Gasteiger partial charge is 0.0601 e. The zero-order valence-corrected chi connectivity index (χ0v) is 9.31. The molecule has 0 bridgehead atoms. The van der Waals surface area contributed by atoms with Crippen molar-refractivity contribution in [2.45, 2.75) is 38.0 Å². The standard InChI is InChI=1S/C12H18N2O/c1-9(12-5-3-4-6-13-12)14-10-7-11(8-10)15-2/h3-6,9-11,14H,7-8H2,1-2H3/t9-,10?,11?/m1/s1. The van der Waals surface area contributed by atoms with Gasteiger partial charge in [-0.1, -0.05) is 6.07 Å². The van der Waals surface area contributed by atoms with Gasteiger partial charge < -0.3 is 10.1 Å². The molecule has 2 rings (SSSR count). The topological polar surface area (TPSA) is 34.1 Å². The Morgan fingerprint density at radius 3 is 2.87 bits per heavy atom. The van der Waals surface area contributed by atoms with Crippen LogP contribution in [0.3, 0.4) is 0 Å². The molecule has 0 saturated heterocycles. The maximum Gasteiger partial charge on any atom is 0.0601 e. The third kappa shape index (κ3) is 2.55. The minimum atomic E-state index is 0.328. The molecule has 1 heterocycles. The summed E-state index contributed by atoms with van der Waals surface area (Å²) < 4.78 is 5.25. The van der Waals surface area contributed by atoms with Gasteiger partial charge in [0, 0.05) is 25.4 Å². The third-order valence-corrected chi connectivity index (χ3v) is 3.05. The third-order valence-electron chi connectivity index (χ3n) is 3.05. The van der Waals surface area contributed by atoms with Gasteiger partial charge in [-0.05, 0) is 31.9 Å². The van der Waals surface area contributed by atoms with Crippen LogP contribution in [-0.2, 0) is 4.74 Å². The minimum Gasteiger partial charge on any atom is -0.381 e. The number of methoxy groups -OCH3 is 1. The molecule has 1 aromatic rings. The van der Waals surface area contributed by atoms with Crippen LogP contribution in [0, 0.1) is 0 Å². The average molecular weight is 206 g/mol. The molecule has 0 spiro atoms. The first-order valence-corrected chi connectivity index (χ1v) is 5.49. The molecule has 1 fully saturated rings. The summed E-state index contributed by atoms with van der Waals surface area (Å²) in [6.45, 7) is 2.16. The molecule has 1 atom stereocenters. The number of aromatic nitrogens is 1. The van der Waals surface area contributed by atoms with Crippen molar-refractivity contribution < 1.29 is 4.74 Å². The van der Waals surface area contributed by atoms with Crippen LogP contribution in [-0.4, -0.2) is 24.2 Å².